The van der Waals surface area contributed by atoms with Gasteiger partial charge in [0.15, 0.2) is 0 Å². The van der Waals surface area contributed by atoms with Gasteiger partial charge in [-0.05, 0) is 23.8 Å². The maximum absolute atomic E-state index is 10.6. The van der Waals surface area contributed by atoms with Crippen LogP contribution in [-0.2, 0) is 11.3 Å². The number of rotatable bonds is 5. The molecule has 0 amide bonds. The first-order valence-electron chi connectivity index (χ1n) is 9.54. The fourth-order valence-electron chi connectivity index (χ4n) is 3.92. The summed E-state index contributed by atoms with van der Waals surface area (Å²) in [6.45, 7) is 0.147. The molecule has 0 radical (unpaired) electrons. The summed E-state index contributed by atoms with van der Waals surface area (Å²) in [6.07, 6.45) is -4.02. The van der Waals surface area contributed by atoms with Crippen LogP contribution in [0.2, 0.25) is 0 Å². The molecule has 154 valence electrons. The molecule has 1 aromatic heterocycles. The molecule has 2 aromatic carbocycles. The molecule has 1 aliphatic rings. The number of fused-ring (bicyclic) bond motifs is 1. The molecule has 0 bridgehead atoms. The van der Waals surface area contributed by atoms with E-state index in [-0.39, 0.29) is 0 Å². The maximum atomic E-state index is 10.6. The summed E-state index contributed by atoms with van der Waals surface area (Å²) >= 11 is 0. The van der Waals surface area contributed by atoms with Gasteiger partial charge in [0.25, 0.3) is 0 Å². The van der Waals surface area contributed by atoms with Crippen molar-refractivity contribution in [1.82, 2.24) is 4.57 Å². The third-order valence-corrected chi connectivity index (χ3v) is 5.53. The van der Waals surface area contributed by atoms with Gasteiger partial charge in [-0.15, -0.1) is 0 Å². The number of aliphatic hydroxyl groups is 4. The van der Waals surface area contributed by atoms with Crippen molar-refractivity contribution in [2.75, 3.05) is 13.7 Å². The lowest BCUT2D eigenvalue weighted by Crippen LogP contribution is -2.55. The van der Waals surface area contributed by atoms with E-state index in [0.717, 1.165) is 22.2 Å². The molecule has 4 rings (SSSR count). The van der Waals surface area contributed by atoms with Crippen LogP contribution in [0, 0.1) is 0 Å². The first-order valence-corrected chi connectivity index (χ1v) is 9.54. The molecule has 0 saturated carbocycles. The van der Waals surface area contributed by atoms with Crippen molar-refractivity contribution in [3.8, 4) is 5.75 Å². The van der Waals surface area contributed by atoms with Gasteiger partial charge in [-0.3, -0.25) is 0 Å². The molecule has 3 aromatic rings. The molecule has 0 aliphatic carbocycles. The van der Waals surface area contributed by atoms with E-state index < -0.39 is 37.1 Å². The number of nitrogens with zero attached hydrogens (tertiary/aromatic N) is 1. The van der Waals surface area contributed by atoms with Crippen LogP contribution in [0.3, 0.4) is 0 Å². The number of methoxy groups -OCH3 is 1. The van der Waals surface area contributed by atoms with Gasteiger partial charge in [-0.2, -0.15) is 0 Å². The highest BCUT2D eigenvalue weighted by molar-refractivity contribution is 5.84. The summed E-state index contributed by atoms with van der Waals surface area (Å²) in [4.78, 5) is 0. The molecule has 2 heterocycles. The summed E-state index contributed by atoms with van der Waals surface area (Å²) < 4.78 is 13.0. The van der Waals surface area contributed by atoms with E-state index in [0.29, 0.717) is 12.1 Å². The first kappa shape index (κ1) is 19.9. The van der Waals surface area contributed by atoms with E-state index >= 15 is 0 Å². The molecular weight excluding hydrogens is 374 g/mol. The van der Waals surface area contributed by atoms with Crippen LogP contribution >= 0.6 is 0 Å². The predicted octanol–water partition coefficient (Wildman–Crippen LogP) is 1.21. The van der Waals surface area contributed by atoms with Gasteiger partial charge in [-0.1, -0.05) is 30.3 Å². The van der Waals surface area contributed by atoms with Crippen LogP contribution in [0.4, 0.5) is 0 Å². The van der Waals surface area contributed by atoms with Crippen molar-refractivity contribution >= 4 is 10.9 Å². The summed E-state index contributed by atoms with van der Waals surface area (Å²) in [5.41, 5.74) is 2.73. The SMILES string of the molecule is COc1ccc(Cn2cc([C@@H]3O[C@H](CO)[C@@H](O)[C@H](O)[C@H]3O)c3ccccc32)cc1. The Bertz CT molecular complexity index is 967. The summed E-state index contributed by atoms with van der Waals surface area (Å²) in [6, 6.07) is 15.5. The Morgan fingerprint density at radius 3 is 2.38 bits per heavy atom. The van der Waals surface area contributed by atoms with E-state index in [9.17, 15) is 20.4 Å². The van der Waals surface area contributed by atoms with Crippen LogP contribution in [0.1, 0.15) is 17.2 Å². The van der Waals surface area contributed by atoms with E-state index in [1.807, 2.05) is 59.3 Å². The third-order valence-electron chi connectivity index (χ3n) is 5.53. The van der Waals surface area contributed by atoms with Gasteiger partial charge in [-0.25, -0.2) is 0 Å². The van der Waals surface area contributed by atoms with E-state index in [1.54, 1.807) is 7.11 Å². The van der Waals surface area contributed by atoms with Crippen molar-refractivity contribution in [1.29, 1.82) is 0 Å². The standard InChI is InChI=1S/C22H25NO6/c1-28-14-8-6-13(7-9-14)10-23-11-16(15-4-2-3-5-17(15)23)22-21(27)20(26)19(25)18(12-24)29-22/h2-9,11,18-22,24-27H,10,12H2,1H3/t18-,19-,20+,21-,22+/m1/s1. The van der Waals surface area contributed by atoms with E-state index in [2.05, 4.69) is 0 Å². The largest absolute Gasteiger partial charge is 0.497 e. The molecule has 7 heteroatoms. The monoisotopic (exact) mass is 399 g/mol. The summed E-state index contributed by atoms with van der Waals surface area (Å²) in [7, 11) is 1.63. The number of aliphatic hydroxyl groups excluding tert-OH is 4. The minimum atomic E-state index is -1.41. The number of para-hydroxylation sites is 1. The van der Waals surface area contributed by atoms with E-state index in [4.69, 9.17) is 9.47 Å². The highest BCUT2D eigenvalue weighted by Crippen LogP contribution is 2.37. The Hall–Kier alpha value is -2.42. The van der Waals surface area contributed by atoms with Gasteiger partial charge in [0.05, 0.1) is 13.7 Å². The lowest BCUT2D eigenvalue weighted by molar-refractivity contribution is -0.231. The molecule has 4 N–H and O–H groups in total. The van der Waals surface area contributed by atoms with Crippen LogP contribution in [0.25, 0.3) is 10.9 Å². The number of hydrogen-bond donors (Lipinski definition) is 4. The molecular formula is C22H25NO6. The summed E-state index contributed by atoms with van der Waals surface area (Å²) in [5, 5.41) is 41.2. The van der Waals surface area contributed by atoms with Crippen LogP contribution in [-0.4, -0.2) is 63.1 Å². The first-order chi connectivity index (χ1) is 14.0. The number of aromatic nitrogens is 1. The molecule has 0 unspecified atom stereocenters. The zero-order valence-electron chi connectivity index (χ0n) is 16.0. The minimum absolute atomic E-state index is 0.452. The molecule has 29 heavy (non-hydrogen) atoms. The Labute approximate surface area is 168 Å². The lowest BCUT2D eigenvalue weighted by Gasteiger charge is -2.40. The highest BCUT2D eigenvalue weighted by atomic mass is 16.5. The number of hydrogen-bond acceptors (Lipinski definition) is 6. The van der Waals surface area contributed by atoms with Crippen molar-refractivity contribution in [2.45, 2.75) is 37.1 Å². The predicted molar refractivity (Wildman–Crippen MR) is 107 cm³/mol. The Morgan fingerprint density at radius 2 is 1.69 bits per heavy atom. The number of ether oxygens (including phenoxy) is 2. The fourth-order valence-corrected chi connectivity index (χ4v) is 3.92. The Balaban J connectivity index is 1.72. The maximum Gasteiger partial charge on any atom is 0.118 e. The van der Waals surface area contributed by atoms with Crippen molar-refractivity contribution in [3.63, 3.8) is 0 Å². The second-order valence-electron chi connectivity index (χ2n) is 7.33. The topological polar surface area (TPSA) is 104 Å². The van der Waals surface area contributed by atoms with Gasteiger partial charge < -0.3 is 34.5 Å². The van der Waals surface area contributed by atoms with Crippen LogP contribution < -0.4 is 4.74 Å². The number of benzene rings is 2. The van der Waals surface area contributed by atoms with Crippen LogP contribution in [0.5, 0.6) is 5.75 Å². The van der Waals surface area contributed by atoms with Gasteiger partial charge >= 0.3 is 0 Å². The lowest BCUT2D eigenvalue weighted by atomic mass is 9.91. The van der Waals surface area contributed by atoms with Crippen LogP contribution in [0.15, 0.2) is 54.7 Å². The quantitative estimate of drug-likeness (QED) is 0.514. The Morgan fingerprint density at radius 1 is 0.966 bits per heavy atom. The second kappa shape index (κ2) is 8.14. The highest BCUT2D eigenvalue weighted by Gasteiger charge is 2.44. The van der Waals surface area contributed by atoms with Gasteiger partial charge in [0.2, 0.25) is 0 Å². The summed E-state index contributed by atoms with van der Waals surface area (Å²) in [5.74, 6) is 0.785. The molecule has 1 saturated heterocycles. The second-order valence-corrected chi connectivity index (χ2v) is 7.33. The smallest absolute Gasteiger partial charge is 0.118 e. The normalized spacial score (nSPS) is 27.3. The zero-order valence-corrected chi connectivity index (χ0v) is 16.0. The average Bonchev–Trinajstić information content (AvgIpc) is 3.11. The van der Waals surface area contributed by atoms with Gasteiger partial charge in [0.1, 0.15) is 36.3 Å². The third kappa shape index (κ3) is 3.63. The average molecular weight is 399 g/mol. The van der Waals surface area contributed by atoms with Crippen molar-refractivity contribution < 1.29 is 29.9 Å². The van der Waals surface area contributed by atoms with Crippen molar-refractivity contribution in [3.05, 3.63) is 65.9 Å². The molecule has 1 aliphatic heterocycles. The van der Waals surface area contributed by atoms with E-state index in [1.165, 1.54) is 0 Å². The fraction of sp³-hybridized carbons (Fsp3) is 0.364. The minimum Gasteiger partial charge on any atom is -0.497 e. The molecule has 7 nitrogen and oxygen atoms in total. The molecule has 5 atom stereocenters. The van der Waals surface area contributed by atoms with Crippen molar-refractivity contribution in [2.24, 2.45) is 0 Å². The molecule has 0 spiro atoms. The van der Waals surface area contributed by atoms with Gasteiger partial charge in [0, 0.05) is 29.2 Å². The Kier molecular flexibility index (Phi) is 5.58. The zero-order chi connectivity index (χ0) is 20.5. The molecule has 1 fully saturated rings.